The zero-order chi connectivity index (χ0) is 13.2. The summed E-state index contributed by atoms with van der Waals surface area (Å²) in [7, 11) is 0. The third kappa shape index (κ3) is 2.95. The molecule has 0 fully saturated rings. The molecule has 0 radical (unpaired) electrons. The summed E-state index contributed by atoms with van der Waals surface area (Å²) in [5.74, 6) is 0. The van der Waals surface area contributed by atoms with Crippen molar-refractivity contribution < 1.29 is 0 Å². The Morgan fingerprint density at radius 2 is 1.94 bits per heavy atom. The van der Waals surface area contributed by atoms with Crippen molar-refractivity contribution in [2.24, 2.45) is 0 Å². The molecule has 1 aliphatic heterocycles. The van der Waals surface area contributed by atoms with Crippen molar-refractivity contribution in [1.29, 1.82) is 0 Å². The summed E-state index contributed by atoms with van der Waals surface area (Å²) in [4.78, 5) is 0. The molecule has 0 spiro atoms. The van der Waals surface area contributed by atoms with E-state index >= 15 is 0 Å². The van der Waals surface area contributed by atoms with E-state index in [0.717, 1.165) is 0 Å². The second kappa shape index (κ2) is 5.17. The van der Waals surface area contributed by atoms with Crippen LogP contribution in [0.25, 0.3) is 5.57 Å². The minimum absolute atomic E-state index is 0.0702. The summed E-state index contributed by atoms with van der Waals surface area (Å²) in [5.41, 5.74) is 5.59. The smallest absolute Gasteiger partial charge is 0.0505 e. The lowest BCUT2D eigenvalue weighted by molar-refractivity contribution is 0.705. The summed E-state index contributed by atoms with van der Waals surface area (Å²) in [6, 6.07) is 6.88. The van der Waals surface area contributed by atoms with Gasteiger partial charge in [0, 0.05) is 11.3 Å². The number of hydrogen-bond donors (Lipinski definition) is 1. The molecule has 98 valence electrons. The van der Waals surface area contributed by atoms with Gasteiger partial charge in [-0.05, 0) is 56.9 Å². The third-order valence-electron chi connectivity index (χ3n) is 3.61. The summed E-state index contributed by atoms with van der Waals surface area (Å²) in [6.07, 6.45) is 7.46. The molecular formula is C17H25N. The molecule has 0 atom stereocenters. The average Bonchev–Trinajstić information content (AvgIpc) is 2.29. The molecule has 0 aliphatic carbocycles. The zero-order valence-electron chi connectivity index (χ0n) is 12.1. The number of nitrogens with one attached hydrogen (secondary N) is 1. The SMILES string of the molecule is CCCCCc1ccc2c(c1)C(C)=CC(C)(C)N2. The number of hydrogen-bond acceptors (Lipinski definition) is 1. The molecule has 18 heavy (non-hydrogen) atoms. The van der Waals surface area contributed by atoms with Crippen molar-refractivity contribution in [3.05, 3.63) is 35.4 Å². The molecule has 0 saturated heterocycles. The highest BCUT2D eigenvalue weighted by Crippen LogP contribution is 2.34. The Balaban J connectivity index is 2.20. The Bertz CT molecular complexity index is 455. The topological polar surface area (TPSA) is 12.0 Å². The van der Waals surface area contributed by atoms with Gasteiger partial charge >= 0.3 is 0 Å². The van der Waals surface area contributed by atoms with Crippen LogP contribution in [0.15, 0.2) is 24.3 Å². The second-order valence-electron chi connectivity index (χ2n) is 6.01. The van der Waals surface area contributed by atoms with Crippen molar-refractivity contribution in [2.45, 2.75) is 58.9 Å². The van der Waals surface area contributed by atoms with Crippen molar-refractivity contribution in [2.75, 3.05) is 5.32 Å². The summed E-state index contributed by atoms with van der Waals surface area (Å²) >= 11 is 0. The van der Waals surface area contributed by atoms with E-state index in [9.17, 15) is 0 Å². The predicted octanol–water partition coefficient (Wildman–Crippen LogP) is 5.03. The minimum atomic E-state index is 0.0702. The van der Waals surface area contributed by atoms with E-state index in [-0.39, 0.29) is 5.54 Å². The first-order valence-electron chi connectivity index (χ1n) is 7.13. The standard InChI is InChI=1S/C17H25N/c1-5-6-7-8-14-9-10-16-15(11-14)13(2)12-17(3,4)18-16/h9-12,18H,5-8H2,1-4H3. The van der Waals surface area contributed by atoms with E-state index in [2.05, 4.69) is 57.3 Å². The van der Waals surface area contributed by atoms with Crippen LogP contribution in [0, 0.1) is 0 Å². The highest BCUT2D eigenvalue weighted by atomic mass is 15.0. The van der Waals surface area contributed by atoms with Crippen molar-refractivity contribution in [3.8, 4) is 0 Å². The third-order valence-corrected chi connectivity index (χ3v) is 3.61. The van der Waals surface area contributed by atoms with Gasteiger partial charge in [-0.1, -0.05) is 31.9 Å². The first kappa shape index (κ1) is 13.2. The normalized spacial score (nSPS) is 16.8. The highest BCUT2D eigenvalue weighted by molar-refractivity contribution is 5.80. The van der Waals surface area contributed by atoms with Crippen LogP contribution in [0.4, 0.5) is 5.69 Å². The predicted molar refractivity (Wildman–Crippen MR) is 81.0 cm³/mol. The van der Waals surface area contributed by atoms with Gasteiger partial charge in [0.25, 0.3) is 0 Å². The van der Waals surface area contributed by atoms with Gasteiger partial charge in [0.1, 0.15) is 0 Å². The molecule has 1 heteroatoms. The monoisotopic (exact) mass is 243 g/mol. The Kier molecular flexibility index (Phi) is 3.79. The van der Waals surface area contributed by atoms with Gasteiger partial charge in [0.2, 0.25) is 0 Å². The van der Waals surface area contributed by atoms with Crippen molar-refractivity contribution in [3.63, 3.8) is 0 Å². The van der Waals surface area contributed by atoms with Crippen LogP contribution in [-0.4, -0.2) is 5.54 Å². The van der Waals surface area contributed by atoms with Gasteiger partial charge in [-0.2, -0.15) is 0 Å². The quantitative estimate of drug-likeness (QED) is 0.732. The summed E-state index contributed by atoms with van der Waals surface area (Å²) < 4.78 is 0. The Morgan fingerprint density at radius 1 is 1.17 bits per heavy atom. The number of anilines is 1. The molecule has 0 unspecified atom stereocenters. The summed E-state index contributed by atoms with van der Waals surface area (Å²) in [6.45, 7) is 8.91. The van der Waals surface area contributed by atoms with Crippen LogP contribution < -0.4 is 5.32 Å². The van der Waals surface area contributed by atoms with E-state index in [4.69, 9.17) is 0 Å². The van der Waals surface area contributed by atoms with Gasteiger partial charge in [-0.15, -0.1) is 0 Å². The molecule has 0 amide bonds. The van der Waals surface area contributed by atoms with Crippen LogP contribution in [0.1, 0.15) is 58.1 Å². The second-order valence-corrected chi connectivity index (χ2v) is 6.01. The fourth-order valence-electron chi connectivity index (χ4n) is 2.76. The Hall–Kier alpha value is -1.24. The van der Waals surface area contributed by atoms with Crippen LogP contribution in [-0.2, 0) is 6.42 Å². The van der Waals surface area contributed by atoms with Gasteiger partial charge in [-0.3, -0.25) is 0 Å². The molecule has 2 rings (SSSR count). The van der Waals surface area contributed by atoms with E-state index in [0.29, 0.717) is 0 Å². The molecule has 1 aromatic rings. The first-order chi connectivity index (χ1) is 8.52. The maximum atomic E-state index is 3.58. The van der Waals surface area contributed by atoms with Gasteiger partial charge in [0.15, 0.2) is 0 Å². The number of fused-ring (bicyclic) bond motifs is 1. The molecule has 0 aromatic heterocycles. The van der Waals surface area contributed by atoms with Gasteiger partial charge in [-0.25, -0.2) is 0 Å². The maximum absolute atomic E-state index is 3.58. The molecule has 1 heterocycles. The van der Waals surface area contributed by atoms with Crippen LogP contribution in [0.5, 0.6) is 0 Å². The van der Waals surface area contributed by atoms with E-state index in [1.54, 1.807) is 0 Å². The minimum Gasteiger partial charge on any atom is -0.376 e. The zero-order valence-corrected chi connectivity index (χ0v) is 12.1. The van der Waals surface area contributed by atoms with Crippen LogP contribution in [0.2, 0.25) is 0 Å². The van der Waals surface area contributed by atoms with Crippen LogP contribution >= 0.6 is 0 Å². The number of allylic oxidation sites excluding steroid dienone is 1. The molecule has 1 aliphatic rings. The molecular weight excluding hydrogens is 218 g/mol. The molecule has 1 nitrogen and oxygen atoms in total. The van der Waals surface area contributed by atoms with Gasteiger partial charge < -0.3 is 5.32 Å². The van der Waals surface area contributed by atoms with Crippen molar-refractivity contribution in [1.82, 2.24) is 0 Å². The van der Waals surface area contributed by atoms with Crippen molar-refractivity contribution >= 4 is 11.3 Å². The average molecular weight is 243 g/mol. The molecule has 0 bridgehead atoms. The molecule has 1 aromatic carbocycles. The number of aryl methyl sites for hydroxylation is 1. The lowest BCUT2D eigenvalue weighted by atomic mass is 9.90. The molecule has 0 saturated carbocycles. The number of benzene rings is 1. The Labute approximate surface area is 111 Å². The summed E-state index contributed by atoms with van der Waals surface area (Å²) in [5, 5.41) is 3.58. The largest absolute Gasteiger partial charge is 0.376 e. The fraction of sp³-hybridized carbons (Fsp3) is 0.529. The lowest BCUT2D eigenvalue weighted by Gasteiger charge is -2.31. The van der Waals surface area contributed by atoms with E-state index in [1.165, 1.54) is 48.1 Å². The van der Waals surface area contributed by atoms with Gasteiger partial charge in [0.05, 0.1) is 5.54 Å². The fourth-order valence-corrected chi connectivity index (χ4v) is 2.76. The number of unbranched alkanes of at least 4 members (excludes halogenated alkanes) is 2. The lowest BCUT2D eigenvalue weighted by Crippen LogP contribution is -2.31. The number of rotatable bonds is 4. The van der Waals surface area contributed by atoms with Crippen LogP contribution in [0.3, 0.4) is 0 Å². The first-order valence-corrected chi connectivity index (χ1v) is 7.13. The maximum Gasteiger partial charge on any atom is 0.0505 e. The van der Waals surface area contributed by atoms with E-state index < -0.39 is 0 Å². The molecule has 1 N–H and O–H groups in total. The van der Waals surface area contributed by atoms with E-state index in [1.807, 2.05) is 0 Å². The highest BCUT2D eigenvalue weighted by Gasteiger charge is 2.22. The Morgan fingerprint density at radius 3 is 2.67 bits per heavy atom.